The van der Waals surface area contributed by atoms with E-state index in [1.54, 1.807) is 43.3 Å². The highest BCUT2D eigenvalue weighted by molar-refractivity contribution is 5.94. The monoisotopic (exact) mass is 312 g/mol. The number of para-hydroxylation sites is 1. The summed E-state index contributed by atoms with van der Waals surface area (Å²) in [6, 6.07) is 15.0. The van der Waals surface area contributed by atoms with Crippen LogP contribution in [0, 0.1) is 17.1 Å². The van der Waals surface area contributed by atoms with Crippen molar-refractivity contribution in [2.75, 3.05) is 5.32 Å². The van der Waals surface area contributed by atoms with Gasteiger partial charge in [-0.15, -0.1) is 0 Å². The topological polar surface area (TPSA) is 62.1 Å². The van der Waals surface area contributed by atoms with E-state index in [-0.39, 0.29) is 11.7 Å². The molecule has 0 saturated carbocycles. The smallest absolute Gasteiger partial charge is 0.265 e. The van der Waals surface area contributed by atoms with E-state index in [0.29, 0.717) is 18.5 Å². The Morgan fingerprint density at radius 2 is 1.96 bits per heavy atom. The summed E-state index contributed by atoms with van der Waals surface area (Å²) in [5.41, 5.74) is 1.48. The summed E-state index contributed by atoms with van der Waals surface area (Å²) in [6.45, 7) is 1.79. The summed E-state index contributed by atoms with van der Waals surface area (Å²) in [7, 11) is 0. The summed E-state index contributed by atoms with van der Waals surface area (Å²) in [5, 5.41) is 11.4. The summed E-state index contributed by atoms with van der Waals surface area (Å²) in [6.07, 6.45) is -0.0554. The highest BCUT2D eigenvalue weighted by atomic mass is 19.1. The predicted molar refractivity (Wildman–Crippen MR) is 85.5 cm³/mol. The van der Waals surface area contributed by atoms with E-state index in [4.69, 9.17) is 10.00 Å². The van der Waals surface area contributed by atoms with E-state index in [2.05, 4.69) is 11.4 Å². The third kappa shape index (κ3) is 4.55. The van der Waals surface area contributed by atoms with Crippen LogP contribution >= 0.6 is 0 Å². The van der Waals surface area contributed by atoms with Crippen LogP contribution in [-0.4, -0.2) is 12.0 Å². The highest BCUT2D eigenvalue weighted by Crippen LogP contribution is 2.19. The molecular formula is C18H17FN2O2. The maximum atomic E-state index is 13.6. The first-order valence-corrected chi connectivity index (χ1v) is 7.32. The Morgan fingerprint density at radius 1 is 1.26 bits per heavy atom. The number of benzene rings is 2. The lowest BCUT2D eigenvalue weighted by Gasteiger charge is -2.17. The number of nitrogens with one attached hydrogen (secondary N) is 1. The lowest BCUT2D eigenvalue weighted by atomic mass is 10.1. The van der Waals surface area contributed by atoms with Crippen LogP contribution in [0.3, 0.4) is 0 Å². The normalized spacial score (nSPS) is 11.3. The van der Waals surface area contributed by atoms with Gasteiger partial charge in [0.15, 0.2) is 17.7 Å². The fourth-order valence-electron chi connectivity index (χ4n) is 2.04. The fraction of sp³-hybridized carbons (Fsp3) is 0.222. The zero-order chi connectivity index (χ0) is 16.7. The lowest BCUT2D eigenvalue weighted by molar-refractivity contribution is -0.122. The Morgan fingerprint density at radius 3 is 2.57 bits per heavy atom. The molecule has 0 aliphatic carbocycles. The molecule has 0 bridgehead atoms. The molecule has 0 spiro atoms. The molecular weight excluding hydrogens is 295 g/mol. The number of halogens is 1. The van der Waals surface area contributed by atoms with Crippen LogP contribution in [0.2, 0.25) is 0 Å². The predicted octanol–water partition coefficient (Wildman–Crippen LogP) is 3.69. The average molecular weight is 312 g/mol. The molecule has 0 heterocycles. The molecule has 5 heteroatoms. The summed E-state index contributed by atoms with van der Waals surface area (Å²) in [5.74, 6) is -0.790. The third-order valence-corrected chi connectivity index (χ3v) is 3.27. The van der Waals surface area contributed by atoms with Gasteiger partial charge in [-0.2, -0.15) is 5.26 Å². The van der Waals surface area contributed by atoms with Gasteiger partial charge in [-0.1, -0.05) is 31.2 Å². The second-order valence-electron chi connectivity index (χ2n) is 4.97. The van der Waals surface area contributed by atoms with Crippen molar-refractivity contribution in [3.8, 4) is 11.8 Å². The Labute approximate surface area is 134 Å². The van der Waals surface area contributed by atoms with Crippen molar-refractivity contribution >= 4 is 11.6 Å². The SMILES string of the molecule is CC[C@@H](Oc1ccccc1F)C(=O)Nc1ccc(CC#N)cc1. The highest BCUT2D eigenvalue weighted by Gasteiger charge is 2.19. The lowest BCUT2D eigenvalue weighted by Crippen LogP contribution is -2.32. The molecule has 0 unspecified atom stereocenters. The number of anilines is 1. The van der Waals surface area contributed by atoms with Crippen LogP contribution in [0.15, 0.2) is 48.5 Å². The van der Waals surface area contributed by atoms with E-state index in [1.807, 2.05) is 0 Å². The molecule has 4 nitrogen and oxygen atoms in total. The second-order valence-corrected chi connectivity index (χ2v) is 4.97. The van der Waals surface area contributed by atoms with Gasteiger partial charge in [0.25, 0.3) is 5.91 Å². The van der Waals surface area contributed by atoms with E-state index < -0.39 is 11.9 Å². The molecule has 1 atom stereocenters. The fourth-order valence-corrected chi connectivity index (χ4v) is 2.04. The van der Waals surface area contributed by atoms with Crippen molar-refractivity contribution in [2.24, 2.45) is 0 Å². The van der Waals surface area contributed by atoms with Crippen molar-refractivity contribution in [3.63, 3.8) is 0 Å². The second kappa shape index (κ2) is 7.95. The summed E-state index contributed by atoms with van der Waals surface area (Å²) in [4.78, 5) is 12.3. The molecule has 0 aromatic heterocycles. The van der Waals surface area contributed by atoms with Crippen LogP contribution in [0.5, 0.6) is 5.75 Å². The number of nitrogens with zero attached hydrogens (tertiary/aromatic N) is 1. The molecule has 2 aromatic rings. The quantitative estimate of drug-likeness (QED) is 0.885. The Bertz CT molecular complexity index is 708. The van der Waals surface area contributed by atoms with Gasteiger partial charge >= 0.3 is 0 Å². The Balaban J connectivity index is 2.02. The van der Waals surface area contributed by atoms with E-state index in [9.17, 15) is 9.18 Å². The van der Waals surface area contributed by atoms with Crippen LogP contribution in [0.4, 0.5) is 10.1 Å². The van der Waals surface area contributed by atoms with E-state index in [1.165, 1.54) is 12.1 Å². The molecule has 0 saturated heterocycles. The standard InChI is InChI=1S/C18H17FN2O2/c1-2-16(23-17-6-4-3-5-15(17)19)18(22)21-14-9-7-13(8-10-14)11-12-20/h3-10,16H,2,11H2,1H3,(H,21,22)/t16-/m1/s1. The van der Waals surface area contributed by atoms with Crippen molar-refractivity contribution in [1.29, 1.82) is 5.26 Å². The molecule has 0 aliphatic heterocycles. The number of nitriles is 1. The van der Waals surface area contributed by atoms with Gasteiger partial charge in [0.05, 0.1) is 12.5 Å². The minimum absolute atomic E-state index is 0.0545. The zero-order valence-electron chi connectivity index (χ0n) is 12.8. The first-order valence-electron chi connectivity index (χ1n) is 7.32. The molecule has 1 amide bonds. The van der Waals surface area contributed by atoms with Gasteiger partial charge in [0.2, 0.25) is 0 Å². The summed E-state index contributed by atoms with van der Waals surface area (Å²) < 4.78 is 19.1. The van der Waals surface area contributed by atoms with Gasteiger partial charge in [-0.25, -0.2) is 4.39 Å². The Kier molecular flexibility index (Phi) is 5.70. The number of hydrogen-bond donors (Lipinski definition) is 1. The van der Waals surface area contributed by atoms with E-state index >= 15 is 0 Å². The van der Waals surface area contributed by atoms with Gasteiger partial charge in [-0.3, -0.25) is 4.79 Å². The van der Waals surface area contributed by atoms with Gasteiger partial charge in [0.1, 0.15) is 0 Å². The van der Waals surface area contributed by atoms with Gasteiger partial charge in [0, 0.05) is 5.69 Å². The first-order chi connectivity index (χ1) is 11.1. The van der Waals surface area contributed by atoms with Crippen LogP contribution < -0.4 is 10.1 Å². The molecule has 0 aliphatic rings. The van der Waals surface area contributed by atoms with Crippen molar-refractivity contribution in [2.45, 2.75) is 25.9 Å². The van der Waals surface area contributed by atoms with Gasteiger partial charge in [-0.05, 0) is 36.2 Å². The maximum Gasteiger partial charge on any atom is 0.265 e. The van der Waals surface area contributed by atoms with Crippen molar-refractivity contribution < 1.29 is 13.9 Å². The molecule has 0 radical (unpaired) electrons. The minimum Gasteiger partial charge on any atom is -0.478 e. The zero-order valence-corrected chi connectivity index (χ0v) is 12.8. The van der Waals surface area contributed by atoms with Crippen molar-refractivity contribution in [3.05, 3.63) is 59.9 Å². The first kappa shape index (κ1) is 16.5. The summed E-state index contributed by atoms with van der Waals surface area (Å²) >= 11 is 0. The minimum atomic E-state index is -0.786. The Hall–Kier alpha value is -2.87. The van der Waals surface area contributed by atoms with Crippen LogP contribution in [0.1, 0.15) is 18.9 Å². The number of carbonyl (C=O) groups excluding carboxylic acids is 1. The van der Waals surface area contributed by atoms with Crippen molar-refractivity contribution in [1.82, 2.24) is 0 Å². The van der Waals surface area contributed by atoms with E-state index in [0.717, 1.165) is 5.56 Å². The molecule has 118 valence electrons. The average Bonchev–Trinajstić information content (AvgIpc) is 2.56. The van der Waals surface area contributed by atoms with Crippen LogP contribution in [-0.2, 0) is 11.2 Å². The van der Waals surface area contributed by atoms with Crippen LogP contribution in [0.25, 0.3) is 0 Å². The molecule has 2 aromatic carbocycles. The molecule has 1 N–H and O–H groups in total. The number of rotatable bonds is 6. The molecule has 2 rings (SSSR count). The number of carbonyl (C=O) groups is 1. The third-order valence-electron chi connectivity index (χ3n) is 3.27. The largest absolute Gasteiger partial charge is 0.478 e. The number of ether oxygens (including phenoxy) is 1. The molecule has 0 fully saturated rings. The van der Waals surface area contributed by atoms with Gasteiger partial charge < -0.3 is 10.1 Å². The number of hydrogen-bond acceptors (Lipinski definition) is 3. The number of amides is 1. The molecule has 23 heavy (non-hydrogen) atoms. The maximum absolute atomic E-state index is 13.6.